The van der Waals surface area contributed by atoms with E-state index >= 15 is 0 Å². The van der Waals surface area contributed by atoms with Crippen LogP contribution in [0.15, 0.2) is 0 Å². The average molecular weight is 324 g/mol. The van der Waals surface area contributed by atoms with Crippen LogP contribution in [0.3, 0.4) is 0 Å². The summed E-state index contributed by atoms with van der Waals surface area (Å²) in [7, 11) is 0. The minimum absolute atomic E-state index is 0. The van der Waals surface area contributed by atoms with Crippen molar-refractivity contribution in [1.82, 2.24) is 0 Å². The van der Waals surface area contributed by atoms with Crippen LogP contribution < -0.4 is 69.3 Å². The van der Waals surface area contributed by atoms with Gasteiger partial charge in [-0.2, -0.15) is 0 Å². The third kappa shape index (κ3) is 19.6. The van der Waals surface area contributed by atoms with Crippen LogP contribution >= 0.6 is 0 Å². The Kier molecular flexibility index (Phi) is 22.8. The Balaban J connectivity index is -0.000000156. The Labute approximate surface area is 189 Å². The van der Waals surface area contributed by atoms with Crippen molar-refractivity contribution in [3.05, 3.63) is 0 Å². The number of aliphatic carboxylic acids is 2. The molecule has 0 rings (SSSR count). The minimum Gasteiger partial charge on any atom is 1.00 e. The molecule has 0 aliphatic heterocycles. The number of rotatable bonds is 7. The number of hydrogen-bond donors (Lipinski definition) is 0. The van der Waals surface area contributed by atoms with Crippen molar-refractivity contribution in [2.75, 3.05) is 0 Å². The number of carboxylic acid groups (broad SMARTS) is 2. The van der Waals surface area contributed by atoms with Gasteiger partial charge in [-0.25, -0.2) is 0 Å². The molecule has 0 N–H and O–H groups in total. The van der Waals surface area contributed by atoms with E-state index in [0.29, 0.717) is 9.50 Å². The van der Waals surface area contributed by atoms with Gasteiger partial charge in [0.15, 0.2) is 0 Å². The maximum absolute atomic E-state index is 9.28. The standard InChI is InChI=1S/C12H25.C3H4O4.Li.2Na/c1-6-7-8-9-10-11(2)12(3,4)5;4-2(5)1-3(6)7;;;/h6-10H2,1-5H3;1H2,(H,4,5)(H,6,7);;;/q;;;2*+1/p-2. The van der Waals surface area contributed by atoms with Crippen molar-refractivity contribution in [3.8, 4) is 0 Å². The molecule has 1 unspecified atom stereocenters. The zero-order valence-electron chi connectivity index (χ0n) is 15.9. The number of hydrogen-bond acceptors (Lipinski definition) is 4. The van der Waals surface area contributed by atoms with Crippen LogP contribution in [0.5, 0.6) is 0 Å². The summed E-state index contributed by atoms with van der Waals surface area (Å²) >= 11 is 2.40. The molecule has 0 aliphatic carbocycles. The van der Waals surface area contributed by atoms with Crippen molar-refractivity contribution in [2.45, 2.75) is 77.2 Å². The van der Waals surface area contributed by atoms with Crippen molar-refractivity contribution < 1.29 is 78.9 Å². The number of carbonyl (C=O) groups excluding carboxylic acids is 2. The van der Waals surface area contributed by atoms with Crippen molar-refractivity contribution in [3.63, 3.8) is 0 Å². The van der Waals surface area contributed by atoms with Crippen molar-refractivity contribution in [2.24, 2.45) is 5.41 Å². The molecular weight excluding hydrogens is 297 g/mol. The first-order valence-electron chi connectivity index (χ1n) is 7.33. The minimum atomic E-state index is -1.63. The Bertz CT molecular complexity index is 290. The summed E-state index contributed by atoms with van der Waals surface area (Å²) in [6.07, 6.45) is 5.90. The van der Waals surface area contributed by atoms with Crippen LogP contribution in [0.2, 0.25) is 4.09 Å². The second-order valence-corrected chi connectivity index (χ2v) is 6.87. The fourth-order valence-electron chi connectivity index (χ4n) is 1.49. The van der Waals surface area contributed by atoms with Gasteiger partial charge in [0.1, 0.15) is 0 Å². The Morgan fingerprint density at radius 1 is 0.909 bits per heavy atom. The fourth-order valence-corrected chi connectivity index (χ4v) is 1.49. The van der Waals surface area contributed by atoms with Gasteiger partial charge in [-0.3, -0.25) is 0 Å². The van der Waals surface area contributed by atoms with E-state index in [1.165, 1.54) is 32.1 Å². The predicted molar refractivity (Wildman–Crippen MR) is 77.0 cm³/mol. The van der Waals surface area contributed by atoms with E-state index in [1.54, 1.807) is 0 Å². The maximum Gasteiger partial charge on any atom is 1.00 e. The van der Waals surface area contributed by atoms with E-state index in [0.717, 1.165) is 0 Å². The van der Waals surface area contributed by atoms with Crippen molar-refractivity contribution in [1.29, 1.82) is 0 Å². The molecule has 4 nitrogen and oxygen atoms in total. The molecule has 7 heteroatoms. The molecular formula is C15H27LiNa2O4. The molecule has 0 spiro atoms. The first kappa shape index (κ1) is 31.3. The molecule has 114 valence electrons. The first-order chi connectivity index (χ1) is 8.94. The molecule has 0 aromatic carbocycles. The quantitative estimate of drug-likeness (QED) is 0.268. The van der Waals surface area contributed by atoms with Gasteiger partial charge in [-0.15, -0.1) is 0 Å². The SMILES string of the molecule is O=C([O-])CC(=O)[O-].[Li][C](C)(CCCCCC)C(C)(C)C.[Na+].[Na+]. The van der Waals surface area contributed by atoms with E-state index in [1.807, 2.05) is 0 Å². The molecule has 0 aromatic heterocycles. The zero-order valence-corrected chi connectivity index (χ0v) is 19.9. The Morgan fingerprint density at radius 3 is 1.55 bits per heavy atom. The van der Waals surface area contributed by atoms with E-state index in [2.05, 4.69) is 52.3 Å². The van der Waals surface area contributed by atoms with Crippen LogP contribution in [-0.2, 0) is 9.59 Å². The Morgan fingerprint density at radius 2 is 1.32 bits per heavy atom. The Hall–Kier alpha value is 1.54. The summed E-state index contributed by atoms with van der Waals surface area (Å²) in [4.78, 5) is 18.6. The molecule has 0 aliphatic rings. The summed E-state index contributed by atoms with van der Waals surface area (Å²) in [5.74, 6) is -3.25. The van der Waals surface area contributed by atoms with E-state index in [9.17, 15) is 19.8 Å². The van der Waals surface area contributed by atoms with Gasteiger partial charge in [0.25, 0.3) is 0 Å². The van der Waals surface area contributed by atoms with Crippen LogP contribution in [0.1, 0.15) is 73.1 Å². The molecule has 0 bridgehead atoms. The molecule has 0 saturated heterocycles. The zero-order chi connectivity index (χ0) is 16.4. The molecule has 0 radical (unpaired) electrons. The third-order valence-electron chi connectivity index (χ3n) is 3.97. The van der Waals surface area contributed by atoms with Gasteiger partial charge >= 0.3 is 153 Å². The smallest absolute Gasteiger partial charge is 1.00 e. The average Bonchev–Trinajstić information content (AvgIpc) is 2.21. The molecule has 0 saturated carbocycles. The summed E-state index contributed by atoms with van der Waals surface area (Å²) in [6, 6.07) is 0. The van der Waals surface area contributed by atoms with Gasteiger partial charge in [0.2, 0.25) is 0 Å². The second-order valence-electron chi connectivity index (χ2n) is 6.87. The number of unbranched alkanes of at least 4 members (excludes halogenated alkanes) is 3. The summed E-state index contributed by atoms with van der Waals surface area (Å²) in [5.41, 5.74) is 0.444. The number of carbonyl (C=O) groups is 2. The van der Waals surface area contributed by atoms with Crippen LogP contribution in [0, 0.1) is 5.41 Å². The summed E-state index contributed by atoms with van der Waals surface area (Å²) in [5, 5.41) is 18.6. The molecule has 0 fully saturated rings. The van der Waals surface area contributed by atoms with Gasteiger partial charge in [-0.1, -0.05) is 0 Å². The summed E-state index contributed by atoms with van der Waals surface area (Å²) in [6.45, 7) is 11.7. The first-order valence-corrected chi connectivity index (χ1v) is 7.33. The van der Waals surface area contributed by atoms with Crippen LogP contribution in [0.25, 0.3) is 0 Å². The fraction of sp³-hybridized carbons (Fsp3) is 0.867. The molecule has 1 atom stereocenters. The maximum atomic E-state index is 9.28. The van der Waals surface area contributed by atoms with E-state index < -0.39 is 18.4 Å². The topological polar surface area (TPSA) is 80.3 Å². The molecule has 22 heavy (non-hydrogen) atoms. The third-order valence-corrected chi connectivity index (χ3v) is 3.97. The van der Waals surface area contributed by atoms with E-state index in [-0.39, 0.29) is 59.1 Å². The van der Waals surface area contributed by atoms with Crippen LogP contribution in [0.4, 0.5) is 0 Å². The summed E-state index contributed by atoms with van der Waals surface area (Å²) < 4.78 is 0.487. The molecule has 0 aromatic rings. The second kappa shape index (κ2) is 16.0. The van der Waals surface area contributed by atoms with Crippen molar-refractivity contribution >= 4 is 29.7 Å². The van der Waals surface area contributed by atoms with Crippen LogP contribution in [-0.4, -0.2) is 29.7 Å². The predicted octanol–water partition coefficient (Wildman–Crippen LogP) is -4.77. The van der Waals surface area contributed by atoms with Gasteiger partial charge in [0.05, 0.1) is 0 Å². The van der Waals surface area contributed by atoms with E-state index in [4.69, 9.17) is 0 Å². The normalized spacial score (nSPS) is 12.7. The number of carboxylic acids is 2. The monoisotopic (exact) mass is 324 g/mol. The van der Waals surface area contributed by atoms with Gasteiger partial charge < -0.3 is 19.8 Å². The largest absolute Gasteiger partial charge is 1.00 e. The molecule has 0 heterocycles. The molecule has 0 amide bonds. The van der Waals surface area contributed by atoms with Gasteiger partial charge in [0, 0.05) is 18.4 Å². The van der Waals surface area contributed by atoms with Gasteiger partial charge in [-0.05, 0) is 0 Å².